The molecule has 2 saturated heterocycles. The minimum absolute atomic E-state index is 0.0394. The number of ether oxygens (including phenoxy) is 3. The number of carbonyl (C=O) groups is 8. The van der Waals surface area contributed by atoms with E-state index in [2.05, 4.69) is 16.0 Å². The Morgan fingerprint density at radius 2 is 1.55 bits per heavy atom. The zero-order valence-corrected chi connectivity index (χ0v) is 39.8. The number of likely N-dealkylation sites (N-methyl/N-ethyl adjacent to an activating group) is 1. The number of hydrogen-bond acceptors (Lipinski definition) is 12. The van der Waals surface area contributed by atoms with Gasteiger partial charge in [-0.25, -0.2) is 4.79 Å². The number of ketones is 1. The Morgan fingerprint density at radius 3 is 2.11 bits per heavy atom. The lowest BCUT2D eigenvalue weighted by Crippen LogP contribution is -2.60. The van der Waals surface area contributed by atoms with E-state index in [1.165, 1.54) is 37.8 Å². The van der Waals surface area contributed by atoms with Crippen molar-refractivity contribution in [2.75, 3.05) is 20.7 Å². The number of aliphatic hydroxyl groups is 1. The molecule has 4 N–H and O–H groups in total. The van der Waals surface area contributed by atoms with Gasteiger partial charge in [0.05, 0.1) is 31.6 Å². The molecule has 0 spiro atoms. The monoisotopic (exact) mass is 900 g/mol. The van der Waals surface area contributed by atoms with Crippen LogP contribution in [0, 0.1) is 29.6 Å². The summed E-state index contributed by atoms with van der Waals surface area (Å²) in [5.41, 5.74) is 0.637. The summed E-state index contributed by atoms with van der Waals surface area (Å²) in [5.74, 6) is -8.18. The van der Waals surface area contributed by atoms with Gasteiger partial charge in [-0.1, -0.05) is 73.9 Å². The summed E-state index contributed by atoms with van der Waals surface area (Å²) in [4.78, 5) is 115. The second-order valence-corrected chi connectivity index (χ2v) is 18.3. The second-order valence-electron chi connectivity index (χ2n) is 18.3. The molecule has 3 rings (SSSR count). The Hall–Kier alpha value is -5.06. The Labute approximate surface area is 378 Å². The molecule has 11 atom stereocenters. The van der Waals surface area contributed by atoms with Gasteiger partial charge >= 0.3 is 11.9 Å². The van der Waals surface area contributed by atoms with E-state index in [9.17, 15) is 43.5 Å². The molecule has 0 radical (unpaired) electrons. The number of nitrogens with one attached hydrogen (secondary N) is 3. The lowest BCUT2D eigenvalue weighted by molar-refractivity contribution is -0.163. The molecule has 0 unspecified atom stereocenters. The SMILES string of the molecule is CC[C@H](C)C(=O)N[C@@H]1C(=O)N[C@H]([C@@H](C)CC)[C@@H](O)CC(=O)O[C@@H](C(C)C)C(=O)[C@H](C)C(=O)N[C@@H](CC(C)C)C(=O)N2CCC[C@H]2C(=O)N(C)[C@@H](Cc2ccc(OC)cc2)C(=O)O[C@@H]1C. The average molecular weight is 900 g/mol. The molecule has 2 heterocycles. The fourth-order valence-electron chi connectivity index (χ4n) is 7.95. The van der Waals surface area contributed by atoms with Crippen molar-refractivity contribution < 1.29 is 57.7 Å². The highest BCUT2D eigenvalue weighted by atomic mass is 16.6. The summed E-state index contributed by atoms with van der Waals surface area (Å²) < 4.78 is 17.0. The van der Waals surface area contributed by atoms with E-state index in [1.807, 2.05) is 20.8 Å². The molecule has 1 aromatic carbocycles. The van der Waals surface area contributed by atoms with E-state index in [0.717, 1.165) is 0 Å². The van der Waals surface area contributed by atoms with Gasteiger partial charge in [-0.15, -0.1) is 0 Å². The molecular formula is C47H73N5O12. The van der Waals surface area contributed by atoms with Crippen LogP contribution in [-0.4, -0.2) is 131 Å². The third-order valence-electron chi connectivity index (χ3n) is 12.6. The van der Waals surface area contributed by atoms with Gasteiger partial charge in [-0.2, -0.15) is 0 Å². The van der Waals surface area contributed by atoms with Crippen LogP contribution in [0.25, 0.3) is 0 Å². The van der Waals surface area contributed by atoms with Crippen LogP contribution >= 0.6 is 0 Å². The summed E-state index contributed by atoms with van der Waals surface area (Å²) in [6.07, 6.45) is -3.16. The van der Waals surface area contributed by atoms with Crippen molar-refractivity contribution in [1.29, 1.82) is 0 Å². The first-order chi connectivity index (χ1) is 30.1. The number of methoxy groups -OCH3 is 1. The van der Waals surface area contributed by atoms with Crippen molar-refractivity contribution in [2.45, 2.75) is 163 Å². The number of aliphatic hydroxyl groups excluding tert-OH is 1. The maximum absolute atomic E-state index is 14.6. The van der Waals surface area contributed by atoms with Crippen molar-refractivity contribution >= 4 is 47.3 Å². The molecule has 2 aliphatic rings. The number of amides is 5. The zero-order chi connectivity index (χ0) is 48.2. The number of esters is 2. The van der Waals surface area contributed by atoms with E-state index in [1.54, 1.807) is 58.9 Å². The maximum Gasteiger partial charge on any atom is 0.329 e. The number of fused-ring (bicyclic) bond motifs is 1. The fraction of sp³-hybridized carbons (Fsp3) is 0.702. The van der Waals surface area contributed by atoms with Crippen molar-refractivity contribution in [3.63, 3.8) is 0 Å². The highest BCUT2D eigenvalue weighted by Crippen LogP contribution is 2.26. The Balaban J connectivity index is 2.21. The number of hydrogen-bond donors (Lipinski definition) is 4. The van der Waals surface area contributed by atoms with Gasteiger partial charge in [0.15, 0.2) is 11.9 Å². The van der Waals surface area contributed by atoms with Gasteiger partial charge in [0, 0.05) is 25.9 Å². The molecule has 2 aliphatic heterocycles. The van der Waals surface area contributed by atoms with Crippen molar-refractivity contribution in [3.05, 3.63) is 29.8 Å². The van der Waals surface area contributed by atoms with Gasteiger partial charge < -0.3 is 45.1 Å². The largest absolute Gasteiger partial charge is 0.497 e. The number of cyclic esters (lactones) is 2. The van der Waals surface area contributed by atoms with E-state index in [4.69, 9.17) is 14.2 Å². The first kappa shape index (κ1) is 53.3. The summed E-state index contributed by atoms with van der Waals surface area (Å²) in [6.45, 7) is 17.1. The molecule has 0 bridgehead atoms. The van der Waals surface area contributed by atoms with Crippen LogP contribution in [0.3, 0.4) is 0 Å². The van der Waals surface area contributed by atoms with Crippen LogP contribution in [0.5, 0.6) is 5.75 Å². The van der Waals surface area contributed by atoms with Crippen LogP contribution in [-0.2, 0) is 54.3 Å². The van der Waals surface area contributed by atoms with Crippen LogP contribution in [0.1, 0.15) is 113 Å². The summed E-state index contributed by atoms with van der Waals surface area (Å²) >= 11 is 0. The molecule has 0 aliphatic carbocycles. The third kappa shape index (κ3) is 14.0. The summed E-state index contributed by atoms with van der Waals surface area (Å²) in [7, 11) is 2.95. The third-order valence-corrected chi connectivity index (χ3v) is 12.6. The number of rotatable bonds is 11. The Kier molecular flexibility index (Phi) is 20.2. The molecule has 0 aromatic heterocycles. The second kappa shape index (κ2) is 24.3. The average Bonchev–Trinajstić information content (AvgIpc) is 3.75. The van der Waals surface area contributed by atoms with Crippen molar-refractivity contribution in [3.8, 4) is 5.75 Å². The Bertz CT molecular complexity index is 1800. The van der Waals surface area contributed by atoms with Gasteiger partial charge in [0.1, 0.15) is 36.0 Å². The number of benzene rings is 1. The van der Waals surface area contributed by atoms with Gasteiger partial charge in [-0.05, 0) is 75.0 Å². The number of Topliss-reactive ketones (excluding diaryl/α,β-unsaturated/α-hetero) is 1. The van der Waals surface area contributed by atoms with Crippen molar-refractivity contribution in [1.82, 2.24) is 25.8 Å². The summed E-state index contributed by atoms with van der Waals surface area (Å²) in [6, 6.07) is 0.875. The van der Waals surface area contributed by atoms with Crippen LogP contribution in [0.2, 0.25) is 0 Å². The molecule has 0 saturated carbocycles. The number of carbonyl (C=O) groups excluding carboxylic acids is 8. The molecule has 1 aromatic rings. The predicted molar refractivity (Wildman–Crippen MR) is 237 cm³/mol. The minimum atomic E-state index is -1.54. The highest BCUT2D eigenvalue weighted by molar-refractivity contribution is 6.05. The lowest BCUT2D eigenvalue weighted by Gasteiger charge is -2.35. The lowest BCUT2D eigenvalue weighted by atomic mass is 9.91. The van der Waals surface area contributed by atoms with Gasteiger partial charge in [-0.3, -0.25) is 33.6 Å². The molecule has 17 nitrogen and oxygen atoms in total. The Morgan fingerprint density at radius 1 is 0.906 bits per heavy atom. The minimum Gasteiger partial charge on any atom is -0.497 e. The maximum atomic E-state index is 14.6. The van der Waals surface area contributed by atoms with Crippen molar-refractivity contribution in [2.24, 2.45) is 29.6 Å². The van der Waals surface area contributed by atoms with Crippen LogP contribution in [0.15, 0.2) is 24.3 Å². The van der Waals surface area contributed by atoms with Gasteiger partial charge in [0.25, 0.3) is 0 Å². The number of nitrogens with zero attached hydrogens (tertiary/aromatic N) is 2. The zero-order valence-electron chi connectivity index (χ0n) is 39.8. The first-order valence-electron chi connectivity index (χ1n) is 22.8. The van der Waals surface area contributed by atoms with E-state index in [-0.39, 0.29) is 31.7 Å². The molecule has 64 heavy (non-hydrogen) atoms. The van der Waals surface area contributed by atoms with E-state index >= 15 is 0 Å². The van der Waals surface area contributed by atoms with Gasteiger partial charge in [0.2, 0.25) is 29.5 Å². The van der Waals surface area contributed by atoms with Crippen LogP contribution < -0.4 is 20.7 Å². The topological polar surface area (TPSA) is 227 Å². The molecule has 17 heteroatoms. The fourth-order valence-corrected chi connectivity index (χ4v) is 7.95. The standard InChI is InChI=1S/C47H73N5O12/c1-13-27(7)38-36(53)24-37(54)64-41(26(5)6)40(55)29(9)43(57)48-33(22-25(3)4)45(59)52-21-15-16-34(52)46(60)51(11)35(23-31-17-19-32(62-12)20-18-31)47(61)63-30(10)39(44(58)49-38)50-42(56)28(8)14-2/h17-20,25-30,33-36,38-39,41,53H,13-16,21-24H2,1-12H3,(H,48,57)(H,49,58)(H,50,56)/t27-,28-,29-,30+,33-,34-,35-,36-,38+,39-,41-/m0/s1. The van der Waals surface area contributed by atoms with E-state index in [0.29, 0.717) is 30.6 Å². The summed E-state index contributed by atoms with van der Waals surface area (Å²) in [5, 5.41) is 19.8. The molecule has 2 fully saturated rings. The first-order valence-corrected chi connectivity index (χ1v) is 22.8. The van der Waals surface area contributed by atoms with E-state index < -0.39 is 126 Å². The smallest absolute Gasteiger partial charge is 0.329 e. The molecule has 5 amide bonds. The normalized spacial score (nSPS) is 28.5. The van der Waals surface area contributed by atoms with Crippen LogP contribution in [0.4, 0.5) is 0 Å². The molecular weight excluding hydrogens is 827 g/mol. The predicted octanol–water partition coefficient (Wildman–Crippen LogP) is 3.12. The molecule has 358 valence electrons. The highest BCUT2D eigenvalue weighted by Gasteiger charge is 2.44. The quantitative estimate of drug-likeness (QED) is 0.186.